The van der Waals surface area contributed by atoms with E-state index < -0.39 is 17.6 Å². The molecule has 8 heteroatoms. The number of oxime groups is 2. The molecule has 0 heterocycles. The van der Waals surface area contributed by atoms with Crippen LogP contribution >= 0.6 is 0 Å². The van der Waals surface area contributed by atoms with Crippen LogP contribution < -0.4 is 0 Å². The van der Waals surface area contributed by atoms with E-state index in [0.29, 0.717) is 11.1 Å². The van der Waals surface area contributed by atoms with Crippen LogP contribution in [0.1, 0.15) is 34.7 Å². The van der Waals surface area contributed by atoms with Gasteiger partial charge in [-0.05, 0) is 31.5 Å². The van der Waals surface area contributed by atoms with Gasteiger partial charge in [0.05, 0.1) is 12.8 Å². The molecule has 0 saturated heterocycles. The molecule has 0 unspecified atom stereocenters. The number of carbonyl (C=O) groups is 1. The van der Waals surface area contributed by atoms with Gasteiger partial charge in [-0.25, -0.2) is 13.6 Å². The fraction of sp³-hybridized carbons (Fsp3) is 0.227. The van der Waals surface area contributed by atoms with Crippen LogP contribution in [0.3, 0.4) is 0 Å². The molecule has 0 aliphatic rings. The molecule has 0 aliphatic carbocycles. The van der Waals surface area contributed by atoms with Gasteiger partial charge >= 0.3 is 5.97 Å². The van der Waals surface area contributed by atoms with Crippen molar-refractivity contribution in [3.05, 3.63) is 69.8 Å². The van der Waals surface area contributed by atoms with Crippen LogP contribution in [0.25, 0.3) is 0 Å². The minimum absolute atomic E-state index is 0.0437. The second-order valence-electron chi connectivity index (χ2n) is 6.13. The normalized spacial score (nSPS) is 11.6. The molecular weight excluding hydrogens is 394 g/mol. The first-order valence-electron chi connectivity index (χ1n) is 8.74. The zero-order valence-electron chi connectivity index (χ0n) is 17.0. The molecule has 30 heavy (non-hydrogen) atoms. The van der Waals surface area contributed by atoms with Crippen LogP contribution in [0.5, 0.6) is 0 Å². The number of hydrogen-bond donors (Lipinski definition) is 0. The average Bonchev–Trinajstić information content (AvgIpc) is 2.74. The third-order valence-corrected chi connectivity index (χ3v) is 4.22. The molecule has 2 aromatic carbocycles. The summed E-state index contributed by atoms with van der Waals surface area (Å²) < 4.78 is 32.6. The predicted octanol–water partition coefficient (Wildman–Crippen LogP) is 3.72. The Labute approximate surface area is 173 Å². The topological polar surface area (TPSA) is 69.5 Å². The van der Waals surface area contributed by atoms with Gasteiger partial charge in [0.1, 0.15) is 13.7 Å². The number of aryl methyl sites for hydroxylation is 1. The summed E-state index contributed by atoms with van der Waals surface area (Å²) >= 11 is 0. The van der Waals surface area contributed by atoms with Crippen LogP contribution in [0, 0.1) is 30.9 Å². The van der Waals surface area contributed by atoms with Crippen molar-refractivity contribution >= 4 is 17.4 Å². The summed E-state index contributed by atoms with van der Waals surface area (Å²) in [5.74, 6) is -0.579. The fourth-order valence-electron chi connectivity index (χ4n) is 2.68. The van der Waals surface area contributed by atoms with Crippen molar-refractivity contribution in [3.63, 3.8) is 0 Å². The summed E-state index contributed by atoms with van der Waals surface area (Å²) in [4.78, 5) is 22.2. The zero-order valence-corrected chi connectivity index (χ0v) is 17.0. The van der Waals surface area contributed by atoms with E-state index in [2.05, 4.69) is 16.2 Å². The number of methoxy groups -OCH3 is 1. The van der Waals surface area contributed by atoms with Gasteiger partial charge in [-0.15, -0.1) is 6.42 Å². The van der Waals surface area contributed by atoms with Crippen LogP contribution in [-0.2, 0) is 25.8 Å². The second-order valence-corrected chi connectivity index (χ2v) is 6.13. The number of rotatable bonds is 7. The lowest BCUT2D eigenvalue weighted by molar-refractivity contribution is -0.132. The summed E-state index contributed by atoms with van der Waals surface area (Å²) in [6.07, 6.45) is 5.27. The molecule has 156 valence electrons. The maximum Gasteiger partial charge on any atom is 0.360 e. The molecule has 0 aliphatic heterocycles. The number of benzene rings is 2. The van der Waals surface area contributed by atoms with Gasteiger partial charge in [0.25, 0.3) is 0 Å². The molecule has 6 nitrogen and oxygen atoms in total. The summed E-state index contributed by atoms with van der Waals surface area (Å²) in [6, 6.07) is 7.44. The Morgan fingerprint density at radius 3 is 2.53 bits per heavy atom. The summed E-state index contributed by atoms with van der Waals surface area (Å²) in [6.45, 7) is 3.20. The first-order chi connectivity index (χ1) is 14.3. The first kappa shape index (κ1) is 22.6. The fourth-order valence-corrected chi connectivity index (χ4v) is 2.68. The lowest BCUT2D eigenvalue weighted by atomic mass is 9.99. The lowest BCUT2D eigenvalue weighted by Gasteiger charge is -2.12. The molecule has 0 atom stereocenters. The molecule has 0 saturated carbocycles. The van der Waals surface area contributed by atoms with E-state index in [1.54, 1.807) is 12.1 Å². The average molecular weight is 414 g/mol. The number of carbonyl (C=O) groups excluding carboxylic acids is 1. The highest BCUT2D eigenvalue weighted by Crippen LogP contribution is 2.19. The van der Waals surface area contributed by atoms with E-state index in [9.17, 15) is 13.6 Å². The molecular formula is C22H20F2N2O4. The van der Waals surface area contributed by atoms with Gasteiger partial charge in [0.2, 0.25) is 0 Å². The van der Waals surface area contributed by atoms with Crippen molar-refractivity contribution < 1.29 is 28.0 Å². The van der Waals surface area contributed by atoms with E-state index in [1.165, 1.54) is 27.2 Å². The maximum atomic E-state index is 14.1. The minimum atomic E-state index is -1.07. The molecule has 0 aromatic heterocycles. The van der Waals surface area contributed by atoms with E-state index >= 15 is 0 Å². The maximum absolute atomic E-state index is 14.1. The van der Waals surface area contributed by atoms with E-state index in [-0.39, 0.29) is 29.2 Å². The van der Waals surface area contributed by atoms with Crippen molar-refractivity contribution in [2.75, 3.05) is 14.2 Å². The number of terminal acetylenes is 1. The summed E-state index contributed by atoms with van der Waals surface area (Å²) in [5.41, 5.74) is 1.94. The van der Waals surface area contributed by atoms with Crippen molar-refractivity contribution in [1.82, 2.24) is 0 Å². The van der Waals surface area contributed by atoms with E-state index in [0.717, 1.165) is 11.6 Å². The predicted molar refractivity (Wildman–Crippen MR) is 108 cm³/mol. The minimum Gasteiger partial charge on any atom is -0.464 e. The van der Waals surface area contributed by atoms with E-state index in [1.807, 2.05) is 13.0 Å². The third-order valence-electron chi connectivity index (χ3n) is 4.22. The summed E-state index contributed by atoms with van der Waals surface area (Å²) in [5, 5.41) is 7.61. The largest absolute Gasteiger partial charge is 0.464 e. The van der Waals surface area contributed by atoms with Crippen LogP contribution in [0.4, 0.5) is 8.78 Å². The Hall–Kier alpha value is -3.73. The quantitative estimate of drug-likeness (QED) is 0.300. The van der Waals surface area contributed by atoms with Crippen molar-refractivity contribution in [3.8, 4) is 12.3 Å². The van der Waals surface area contributed by atoms with Crippen molar-refractivity contribution in [1.29, 1.82) is 0 Å². The highest BCUT2D eigenvalue weighted by atomic mass is 19.2. The molecule has 0 spiro atoms. The number of ether oxygens (including phenoxy) is 1. The van der Waals surface area contributed by atoms with Gasteiger partial charge in [0.15, 0.2) is 17.3 Å². The van der Waals surface area contributed by atoms with Crippen molar-refractivity contribution in [2.24, 2.45) is 10.3 Å². The molecule has 0 N–H and O–H groups in total. The van der Waals surface area contributed by atoms with Crippen molar-refractivity contribution in [2.45, 2.75) is 20.5 Å². The molecule has 0 fully saturated rings. The Kier molecular flexibility index (Phi) is 7.64. The van der Waals surface area contributed by atoms with Gasteiger partial charge in [-0.1, -0.05) is 34.4 Å². The highest BCUT2D eigenvalue weighted by Gasteiger charge is 2.21. The first-order valence-corrected chi connectivity index (χ1v) is 8.74. The van der Waals surface area contributed by atoms with Gasteiger partial charge in [-0.3, -0.25) is 0 Å². The number of esters is 1. The Balaban J connectivity index is 2.35. The number of halogens is 2. The zero-order chi connectivity index (χ0) is 22.3. The molecule has 2 rings (SSSR count). The highest BCUT2D eigenvalue weighted by molar-refractivity contribution is 6.43. The van der Waals surface area contributed by atoms with Crippen LogP contribution in [-0.4, -0.2) is 31.6 Å². The number of nitrogens with zero attached hydrogens (tertiary/aromatic N) is 2. The third kappa shape index (κ3) is 5.00. The Morgan fingerprint density at radius 1 is 1.17 bits per heavy atom. The van der Waals surface area contributed by atoms with Gasteiger partial charge in [0, 0.05) is 22.3 Å². The lowest BCUT2D eigenvalue weighted by Crippen LogP contribution is -2.20. The Morgan fingerprint density at radius 2 is 1.90 bits per heavy atom. The van der Waals surface area contributed by atoms with Crippen LogP contribution in [0.15, 0.2) is 40.6 Å². The smallest absolute Gasteiger partial charge is 0.360 e. The SMILES string of the molecule is C#Cc1cc(F)c(F)c(/C(C)=N/OCc2c(C)cccc2/C(=N\OC)C(=O)OC)c1. The van der Waals surface area contributed by atoms with Gasteiger partial charge < -0.3 is 14.4 Å². The monoisotopic (exact) mass is 414 g/mol. The standard InChI is InChI=1S/C22H20F2N2O4/c1-6-15-10-17(20(24)19(23)11-15)14(3)25-30-12-18-13(2)8-7-9-16(18)21(26-29-5)22(27)28-4/h1,7-11H,12H2,2-5H3/b25-14+,26-21+. The van der Waals surface area contributed by atoms with Crippen LogP contribution in [0.2, 0.25) is 0 Å². The number of hydrogen-bond acceptors (Lipinski definition) is 6. The molecule has 0 bridgehead atoms. The molecule has 0 amide bonds. The molecule has 0 radical (unpaired) electrons. The van der Waals surface area contributed by atoms with E-state index in [4.69, 9.17) is 20.8 Å². The van der Waals surface area contributed by atoms with Gasteiger partial charge in [-0.2, -0.15) is 0 Å². The Bertz CT molecular complexity index is 1060. The second kappa shape index (κ2) is 10.2. The summed E-state index contributed by atoms with van der Waals surface area (Å²) in [7, 11) is 2.53. The molecule has 2 aromatic rings.